The summed E-state index contributed by atoms with van der Waals surface area (Å²) in [6.07, 6.45) is 0.178. The molecule has 0 bridgehead atoms. The lowest BCUT2D eigenvalue weighted by atomic mass is 10.3. The molecule has 0 aliphatic carbocycles. The molecular formula is C7H5N3O2. The van der Waals surface area contributed by atoms with Crippen LogP contribution >= 0.6 is 0 Å². The highest BCUT2D eigenvalue weighted by Crippen LogP contribution is 2.08. The van der Waals surface area contributed by atoms with E-state index in [1.165, 1.54) is 12.3 Å². The third-order valence-electron chi connectivity index (χ3n) is 1.15. The van der Waals surface area contributed by atoms with Crippen LogP contribution in [0.4, 0.5) is 10.6 Å². The second-order valence-corrected chi connectivity index (χ2v) is 1.94. The molecule has 1 aromatic rings. The summed E-state index contributed by atoms with van der Waals surface area (Å²) in [5.74, 6) is 0.0625. The molecule has 2 N–H and O–H groups in total. The average molecular weight is 163 g/mol. The number of hydrogen-bond donors (Lipinski definition) is 2. The molecule has 1 aromatic heterocycles. The number of nitriles is 1. The second-order valence-electron chi connectivity index (χ2n) is 1.94. The molecule has 0 fully saturated rings. The van der Waals surface area contributed by atoms with Crippen LogP contribution in [0.5, 0.6) is 0 Å². The molecule has 1 amide bonds. The molecule has 1 heterocycles. The fourth-order valence-corrected chi connectivity index (χ4v) is 0.696. The lowest BCUT2D eigenvalue weighted by Gasteiger charge is -1.99. The van der Waals surface area contributed by atoms with Gasteiger partial charge in [-0.15, -0.1) is 0 Å². The summed E-state index contributed by atoms with van der Waals surface area (Å²) in [6.45, 7) is 0. The van der Waals surface area contributed by atoms with Crippen LogP contribution in [-0.2, 0) is 0 Å². The summed E-state index contributed by atoms with van der Waals surface area (Å²) in [7, 11) is 0. The molecule has 12 heavy (non-hydrogen) atoms. The number of anilines is 1. The predicted molar refractivity (Wildman–Crippen MR) is 40.6 cm³/mol. The largest absolute Gasteiger partial charge is 0.465 e. The van der Waals surface area contributed by atoms with Crippen LogP contribution in [0.15, 0.2) is 18.3 Å². The molecule has 5 heteroatoms. The molecular weight excluding hydrogens is 158 g/mol. The van der Waals surface area contributed by atoms with Crippen LogP contribution in [0, 0.1) is 11.3 Å². The Bertz CT molecular complexity index is 343. The SMILES string of the molecule is N#Cc1cccnc1NC(=O)O. The first-order valence-electron chi connectivity index (χ1n) is 3.09. The first-order valence-corrected chi connectivity index (χ1v) is 3.09. The second kappa shape index (κ2) is 3.34. The van der Waals surface area contributed by atoms with Gasteiger partial charge in [0.25, 0.3) is 0 Å². The Balaban J connectivity index is 2.99. The highest BCUT2D eigenvalue weighted by Gasteiger charge is 2.03. The summed E-state index contributed by atoms with van der Waals surface area (Å²) in [4.78, 5) is 13.9. The molecule has 1 rings (SSSR count). The lowest BCUT2D eigenvalue weighted by molar-refractivity contribution is 0.209. The van der Waals surface area contributed by atoms with E-state index in [9.17, 15) is 4.79 Å². The fraction of sp³-hybridized carbons (Fsp3) is 0. The zero-order chi connectivity index (χ0) is 8.97. The number of carbonyl (C=O) groups is 1. The first kappa shape index (κ1) is 8.01. The van der Waals surface area contributed by atoms with Gasteiger partial charge in [-0.25, -0.2) is 9.78 Å². The van der Waals surface area contributed by atoms with Crippen LogP contribution in [0.25, 0.3) is 0 Å². The molecule has 0 spiro atoms. The van der Waals surface area contributed by atoms with E-state index in [0.29, 0.717) is 0 Å². The van der Waals surface area contributed by atoms with Crippen LogP contribution in [-0.4, -0.2) is 16.2 Å². The van der Waals surface area contributed by atoms with Crippen LogP contribution in [0.3, 0.4) is 0 Å². The van der Waals surface area contributed by atoms with Gasteiger partial charge in [-0.3, -0.25) is 5.32 Å². The molecule has 5 nitrogen and oxygen atoms in total. The third-order valence-corrected chi connectivity index (χ3v) is 1.15. The normalized spacial score (nSPS) is 8.58. The van der Waals surface area contributed by atoms with Crippen molar-refractivity contribution >= 4 is 11.9 Å². The molecule has 0 aromatic carbocycles. The van der Waals surface area contributed by atoms with E-state index in [0.717, 1.165) is 0 Å². The van der Waals surface area contributed by atoms with Gasteiger partial charge >= 0.3 is 6.09 Å². The van der Waals surface area contributed by atoms with Crippen molar-refractivity contribution in [3.05, 3.63) is 23.9 Å². The van der Waals surface area contributed by atoms with E-state index in [4.69, 9.17) is 10.4 Å². The van der Waals surface area contributed by atoms with Crippen LogP contribution < -0.4 is 5.32 Å². The van der Waals surface area contributed by atoms with Gasteiger partial charge in [0, 0.05) is 6.20 Å². The highest BCUT2D eigenvalue weighted by atomic mass is 16.4. The minimum Gasteiger partial charge on any atom is -0.465 e. The summed E-state index contributed by atoms with van der Waals surface area (Å²) in [5, 5.41) is 18.8. The zero-order valence-corrected chi connectivity index (χ0v) is 5.98. The van der Waals surface area contributed by atoms with Crippen molar-refractivity contribution in [3.8, 4) is 6.07 Å². The first-order chi connectivity index (χ1) is 5.74. The Labute approximate surface area is 68.3 Å². The molecule has 0 radical (unpaired) electrons. The van der Waals surface area contributed by atoms with E-state index in [1.807, 2.05) is 11.4 Å². The van der Waals surface area contributed by atoms with Gasteiger partial charge in [0.1, 0.15) is 6.07 Å². The van der Waals surface area contributed by atoms with E-state index in [1.54, 1.807) is 6.07 Å². The van der Waals surface area contributed by atoms with E-state index >= 15 is 0 Å². The number of rotatable bonds is 1. The smallest absolute Gasteiger partial charge is 0.410 e. The highest BCUT2D eigenvalue weighted by molar-refractivity contribution is 5.83. The summed E-state index contributed by atoms with van der Waals surface area (Å²) < 4.78 is 0. The Kier molecular flexibility index (Phi) is 2.23. The number of carboxylic acid groups (broad SMARTS) is 1. The van der Waals surface area contributed by atoms with Crippen molar-refractivity contribution in [1.29, 1.82) is 5.26 Å². The van der Waals surface area contributed by atoms with Gasteiger partial charge in [-0.05, 0) is 12.1 Å². The zero-order valence-electron chi connectivity index (χ0n) is 5.98. The molecule has 0 saturated heterocycles. The Morgan fingerprint density at radius 1 is 1.75 bits per heavy atom. The third kappa shape index (κ3) is 1.70. The van der Waals surface area contributed by atoms with Crippen molar-refractivity contribution in [2.75, 3.05) is 5.32 Å². The van der Waals surface area contributed by atoms with Crippen molar-refractivity contribution in [1.82, 2.24) is 4.98 Å². The van der Waals surface area contributed by atoms with E-state index < -0.39 is 6.09 Å². The fourth-order valence-electron chi connectivity index (χ4n) is 0.696. The molecule has 0 aliphatic heterocycles. The minimum atomic E-state index is -1.23. The van der Waals surface area contributed by atoms with Gasteiger partial charge in [0.15, 0.2) is 5.82 Å². The minimum absolute atomic E-state index is 0.0625. The summed E-state index contributed by atoms with van der Waals surface area (Å²) in [5.41, 5.74) is 0.208. The predicted octanol–water partition coefficient (Wildman–Crippen LogP) is 1.04. The van der Waals surface area contributed by atoms with Crippen LogP contribution in [0.1, 0.15) is 5.56 Å². The Morgan fingerprint density at radius 2 is 2.50 bits per heavy atom. The number of nitrogens with one attached hydrogen (secondary N) is 1. The quantitative estimate of drug-likeness (QED) is 0.647. The topological polar surface area (TPSA) is 86.0 Å². The van der Waals surface area contributed by atoms with Crippen molar-refractivity contribution in [2.24, 2.45) is 0 Å². The lowest BCUT2D eigenvalue weighted by Crippen LogP contribution is -2.09. The van der Waals surface area contributed by atoms with Gasteiger partial charge in [0.05, 0.1) is 5.56 Å². The van der Waals surface area contributed by atoms with Gasteiger partial charge in [0.2, 0.25) is 0 Å². The maximum Gasteiger partial charge on any atom is 0.410 e. The maximum absolute atomic E-state index is 10.2. The van der Waals surface area contributed by atoms with Gasteiger partial charge in [-0.1, -0.05) is 0 Å². The molecule has 0 atom stereocenters. The molecule has 0 saturated carbocycles. The van der Waals surface area contributed by atoms with E-state index in [2.05, 4.69) is 4.98 Å². The van der Waals surface area contributed by atoms with Crippen molar-refractivity contribution < 1.29 is 9.90 Å². The number of pyridine rings is 1. The van der Waals surface area contributed by atoms with Crippen LogP contribution in [0.2, 0.25) is 0 Å². The molecule has 60 valence electrons. The molecule has 0 aliphatic rings. The maximum atomic E-state index is 10.2. The van der Waals surface area contributed by atoms with Crippen molar-refractivity contribution in [2.45, 2.75) is 0 Å². The number of nitrogens with zero attached hydrogens (tertiary/aromatic N) is 2. The summed E-state index contributed by atoms with van der Waals surface area (Å²) in [6, 6.07) is 4.86. The number of aromatic nitrogens is 1. The van der Waals surface area contributed by atoms with Crippen molar-refractivity contribution in [3.63, 3.8) is 0 Å². The monoisotopic (exact) mass is 163 g/mol. The average Bonchev–Trinajstić information content (AvgIpc) is 2.04. The standard InChI is InChI=1S/C7H5N3O2/c8-4-5-2-1-3-9-6(5)10-7(11)12/h1-3H,(H,9,10)(H,11,12). The Hall–Kier alpha value is -2.09. The summed E-state index contributed by atoms with van der Waals surface area (Å²) >= 11 is 0. The van der Waals surface area contributed by atoms with E-state index in [-0.39, 0.29) is 11.4 Å². The number of amides is 1. The molecule has 0 unspecified atom stereocenters. The van der Waals surface area contributed by atoms with Gasteiger partial charge in [-0.2, -0.15) is 5.26 Å². The van der Waals surface area contributed by atoms with Gasteiger partial charge < -0.3 is 5.11 Å². The number of hydrogen-bond acceptors (Lipinski definition) is 3. The Morgan fingerprint density at radius 3 is 3.08 bits per heavy atom.